The van der Waals surface area contributed by atoms with Gasteiger partial charge in [-0.15, -0.1) is 0 Å². The van der Waals surface area contributed by atoms with Crippen LogP contribution >= 0.6 is 23.2 Å². The lowest BCUT2D eigenvalue weighted by molar-refractivity contribution is -0.114. The number of para-hydroxylation sites is 2. The molecular formula is C22H20Cl2N2O4S. The van der Waals surface area contributed by atoms with Gasteiger partial charge < -0.3 is 10.1 Å². The first-order valence-corrected chi connectivity index (χ1v) is 11.6. The van der Waals surface area contributed by atoms with Crippen LogP contribution in [0.3, 0.4) is 0 Å². The predicted octanol–water partition coefficient (Wildman–Crippen LogP) is 5.23. The minimum atomic E-state index is -4.10. The van der Waals surface area contributed by atoms with Gasteiger partial charge in [0, 0.05) is 0 Å². The third-order valence-corrected chi connectivity index (χ3v) is 6.86. The van der Waals surface area contributed by atoms with E-state index in [1.165, 1.54) is 18.2 Å². The second-order valence-electron chi connectivity index (χ2n) is 6.38. The van der Waals surface area contributed by atoms with Crippen LogP contribution < -0.4 is 14.4 Å². The average molecular weight is 479 g/mol. The van der Waals surface area contributed by atoms with Gasteiger partial charge in [-0.1, -0.05) is 59.6 Å². The second-order valence-corrected chi connectivity index (χ2v) is 9.02. The summed E-state index contributed by atoms with van der Waals surface area (Å²) in [4.78, 5) is 12.9. The smallest absolute Gasteiger partial charge is 0.264 e. The molecule has 0 saturated heterocycles. The zero-order chi connectivity index (χ0) is 22.4. The molecule has 1 amide bonds. The maximum atomic E-state index is 13.4. The Morgan fingerprint density at radius 3 is 2.35 bits per heavy atom. The van der Waals surface area contributed by atoms with Gasteiger partial charge in [-0.3, -0.25) is 9.10 Å². The maximum Gasteiger partial charge on any atom is 0.264 e. The number of nitrogens with zero attached hydrogens (tertiary/aromatic N) is 1. The molecule has 0 aliphatic heterocycles. The number of ether oxygens (including phenoxy) is 1. The molecule has 6 nitrogen and oxygen atoms in total. The largest absolute Gasteiger partial charge is 0.492 e. The van der Waals surface area contributed by atoms with Gasteiger partial charge in [-0.2, -0.15) is 0 Å². The quantitative estimate of drug-likeness (QED) is 0.480. The number of carbonyl (C=O) groups excluding carboxylic acids is 1. The first-order valence-electron chi connectivity index (χ1n) is 9.38. The van der Waals surface area contributed by atoms with Crippen LogP contribution in [0, 0.1) is 0 Å². The molecule has 0 saturated carbocycles. The molecule has 0 spiro atoms. The number of hydrogen-bond donors (Lipinski definition) is 1. The van der Waals surface area contributed by atoms with Crippen LogP contribution in [0.25, 0.3) is 0 Å². The molecule has 31 heavy (non-hydrogen) atoms. The highest BCUT2D eigenvalue weighted by atomic mass is 35.5. The molecule has 0 bridgehead atoms. The van der Waals surface area contributed by atoms with Gasteiger partial charge in [-0.05, 0) is 43.3 Å². The van der Waals surface area contributed by atoms with Crippen molar-refractivity contribution in [2.75, 3.05) is 22.8 Å². The molecule has 0 atom stereocenters. The van der Waals surface area contributed by atoms with Gasteiger partial charge >= 0.3 is 0 Å². The molecule has 3 aromatic rings. The molecule has 0 aromatic heterocycles. The number of amides is 1. The van der Waals surface area contributed by atoms with E-state index >= 15 is 0 Å². The van der Waals surface area contributed by atoms with Crippen LogP contribution in [0.1, 0.15) is 6.92 Å². The topological polar surface area (TPSA) is 75.7 Å². The van der Waals surface area contributed by atoms with E-state index < -0.39 is 22.5 Å². The van der Waals surface area contributed by atoms with Crippen molar-refractivity contribution in [3.63, 3.8) is 0 Å². The summed E-state index contributed by atoms with van der Waals surface area (Å²) in [6, 6.07) is 19.3. The van der Waals surface area contributed by atoms with Crippen LogP contribution in [-0.4, -0.2) is 27.5 Å². The van der Waals surface area contributed by atoms with Gasteiger partial charge in [0.05, 0.1) is 32.9 Å². The van der Waals surface area contributed by atoms with Gasteiger partial charge in [0.15, 0.2) is 0 Å². The number of anilines is 2. The average Bonchev–Trinajstić information content (AvgIpc) is 2.76. The highest BCUT2D eigenvalue weighted by Gasteiger charge is 2.29. The number of hydrogen-bond acceptors (Lipinski definition) is 4. The van der Waals surface area contributed by atoms with E-state index in [0.717, 1.165) is 4.31 Å². The minimum absolute atomic E-state index is 0.0218. The second kappa shape index (κ2) is 10.0. The summed E-state index contributed by atoms with van der Waals surface area (Å²) >= 11 is 12.4. The summed E-state index contributed by atoms with van der Waals surface area (Å²) in [5, 5.41) is 2.92. The molecule has 162 valence electrons. The maximum absolute atomic E-state index is 13.4. The van der Waals surface area contributed by atoms with Crippen molar-refractivity contribution in [3.05, 3.63) is 82.8 Å². The number of sulfonamides is 1. The number of halogens is 2. The summed E-state index contributed by atoms with van der Waals surface area (Å²) in [6.07, 6.45) is 0. The molecule has 0 unspecified atom stereocenters. The zero-order valence-corrected chi connectivity index (χ0v) is 18.9. The Bertz CT molecular complexity index is 1170. The fourth-order valence-electron chi connectivity index (χ4n) is 2.88. The SMILES string of the molecule is CCOc1ccccc1NC(=O)CN(c1cccc(Cl)c1Cl)S(=O)(=O)c1ccccc1. The Morgan fingerprint density at radius 1 is 0.968 bits per heavy atom. The van der Waals surface area contributed by atoms with Crippen molar-refractivity contribution in [3.8, 4) is 5.75 Å². The van der Waals surface area contributed by atoms with Crippen molar-refractivity contribution < 1.29 is 17.9 Å². The van der Waals surface area contributed by atoms with E-state index in [-0.39, 0.29) is 20.6 Å². The highest BCUT2D eigenvalue weighted by molar-refractivity contribution is 7.92. The Hall–Kier alpha value is -2.74. The van der Waals surface area contributed by atoms with E-state index in [0.29, 0.717) is 18.0 Å². The van der Waals surface area contributed by atoms with Crippen LogP contribution in [-0.2, 0) is 14.8 Å². The lowest BCUT2D eigenvalue weighted by Gasteiger charge is -2.25. The van der Waals surface area contributed by atoms with Crippen molar-refractivity contribution in [1.29, 1.82) is 0 Å². The molecule has 0 aliphatic carbocycles. The monoisotopic (exact) mass is 478 g/mol. The third-order valence-electron chi connectivity index (χ3n) is 4.28. The zero-order valence-electron chi connectivity index (χ0n) is 16.6. The van der Waals surface area contributed by atoms with Crippen molar-refractivity contribution in [2.24, 2.45) is 0 Å². The lowest BCUT2D eigenvalue weighted by atomic mass is 10.3. The van der Waals surface area contributed by atoms with E-state index in [4.69, 9.17) is 27.9 Å². The first-order chi connectivity index (χ1) is 14.8. The molecule has 3 rings (SSSR count). The van der Waals surface area contributed by atoms with E-state index in [1.807, 2.05) is 6.92 Å². The summed E-state index contributed by atoms with van der Waals surface area (Å²) < 4.78 is 33.2. The fraction of sp³-hybridized carbons (Fsp3) is 0.136. The normalized spacial score (nSPS) is 11.1. The van der Waals surface area contributed by atoms with Gasteiger partial charge in [-0.25, -0.2) is 8.42 Å². The van der Waals surface area contributed by atoms with Crippen molar-refractivity contribution in [1.82, 2.24) is 0 Å². The highest BCUT2D eigenvalue weighted by Crippen LogP contribution is 2.35. The molecule has 0 heterocycles. The molecule has 0 radical (unpaired) electrons. The molecule has 3 aromatic carbocycles. The van der Waals surface area contributed by atoms with Crippen LogP contribution in [0.15, 0.2) is 77.7 Å². The fourth-order valence-corrected chi connectivity index (χ4v) is 4.78. The van der Waals surface area contributed by atoms with Crippen LogP contribution in [0.2, 0.25) is 10.0 Å². The van der Waals surface area contributed by atoms with Gasteiger partial charge in [0.1, 0.15) is 12.3 Å². The van der Waals surface area contributed by atoms with Crippen LogP contribution in [0.4, 0.5) is 11.4 Å². The Balaban J connectivity index is 1.98. The van der Waals surface area contributed by atoms with Gasteiger partial charge in [0.2, 0.25) is 5.91 Å². The molecule has 0 aliphatic rings. The Labute approximate surface area is 191 Å². The predicted molar refractivity (Wildman–Crippen MR) is 124 cm³/mol. The number of nitrogens with one attached hydrogen (secondary N) is 1. The summed E-state index contributed by atoms with van der Waals surface area (Å²) in [5.74, 6) is -0.0840. The minimum Gasteiger partial charge on any atom is -0.492 e. The Morgan fingerprint density at radius 2 is 1.65 bits per heavy atom. The Kier molecular flexibility index (Phi) is 7.43. The lowest BCUT2D eigenvalue weighted by Crippen LogP contribution is -2.38. The number of benzene rings is 3. The number of carbonyl (C=O) groups is 1. The summed E-state index contributed by atoms with van der Waals surface area (Å²) in [5.41, 5.74) is 0.537. The van der Waals surface area contributed by atoms with Crippen molar-refractivity contribution in [2.45, 2.75) is 11.8 Å². The van der Waals surface area contributed by atoms with E-state index in [9.17, 15) is 13.2 Å². The standard InChI is InChI=1S/C22H20Cl2N2O4S/c1-2-30-20-14-7-6-12-18(20)25-21(27)15-26(19-13-8-11-17(23)22(19)24)31(28,29)16-9-4-3-5-10-16/h3-14H,2,15H2,1H3,(H,25,27). The van der Waals surface area contributed by atoms with E-state index in [2.05, 4.69) is 5.32 Å². The van der Waals surface area contributed by atoms with Gasteiger partial charge in [0.25, 0.3) is 10.0 Å². The third kappa shape index (κ3) is 5.31. The van der Waals surface area contributed by atoms with E-state index in [1.54, 1.807) is 54.6 Å². The molecule has 1 N–H and O–H groups in total. The summed E-state index contributed by atoms with van der Waals surface area (Å²) in [6.45, 7) is 1.73. The first kappa shape index (κ1) is 22.9. The number of rotatable bonds is 8. The molecule has 0 fully saturated rings. The van der Waals surface area contributed by atoms with Crippen molar-refractivity contribution >= 4 is 50.5 Å². The van der Waals surface area contributed by atoms with Crippen LogP contribution in [0.5, 0.6) is 5.75 Å². The molecular weight excluding hydrogens is 459 g/mol. The molecule has 9 heteroatoms. The summed E-state index contributed by atoms with van der Waals surface area (Å²) in [7, 11) is -4.10.